The maximum Gasteiger partial charge on any atom is 0.396 e. The van der Waals surface area contributed by atoms with Crippen molar-refractivity contribution in [3.8, 4) is 0 Å². The van der Waals surface area contributed by atoms with E-state index in [0.717, 1.165) is 13.1 Å². The predicted molar refractivity (Wildman–Crippen MR) is 56.3 cm³/mol. The first-order chi connectivity index (χ1) is 7.95. The van der Waals surface area contributed by atoms with Gasteiger partial charge in [0.05, 0.1) is 5.41 Å². The maximum atomic E-state index is 12.6. The summed E-state index contributed by atoms with van der Waals surface area (Å²) in [6, 6.07) is 0. The SMILES string of the molecule is O=C(NCC1(C(F)(F)F)CC1)C1CCNCC1. The van der Waals surface area contributed by atoms with E-state index < -0.39 is 11.6 Å². The molecule has 0 spiro atoms. The van der Waals surface area contributed by atoms with Crippen molar-refractivity contribution >= 4 is 5.91 Å². The predicted octanol–water partition coefficient (Wildman–Crippen LogP) is 1.44. The monoisotopic (exact) mass is 250 g/mol. The van der Waals surface area contributed by atoms with E-state index in [1.54, 1.807) is 0 Å². The summed E-state index contributed by atoms with van der Waals surface area (Å²) in [6.07, 6.45) is -2.48. The molecule has 1 aliphatic carbocycles. The molecule has 6 heteroatoms. The Balaban J connectivity index is 1.80. The second-order valence-corrected chi connectivity index (χ2v) is 5.02. The van der Waals surface area contributed by atoms with Crippen LogP contribution in [0.15, 0.2) is 0 Å². The Morgan fingerprint density at radius 2 is 1.88 bits per heavy atom. The molecule has 0 aromatic rings. The molecular formula is C11H17F3N2O. The van der Waals surface area contributed by atoms with E-state index in [2.05, 4.69) is 10.6 Å². The van der Waals surface area contributed by atoms with Gasteiger partial charge in [0.25, 0.3) is 0 Å². The lowest BCUT2D eigenvalue weighted by Gasteiger charge is -2.24. The van der Waals surface area contributed by atoms with Crippen LogP contribution in [-0.2, 0) is 4.79 Å². The second-order valence-electron chi connectivity index (χ2n) is 5.02. The van der Waals surface area contributed by atoms with Crippen LogP contribution in [0.2, 0.25) is 0 Å². The molecule has 2 N–H and O–H groups in total. The van der Waals surface area contributed by atoms with Gasteiger partial charge in [0.1, 0.15) is 0 Å². The molecule has 1 saturated heterocycles. The lowest BCUT2D eigenvalue weighted by atomic mass is 9.96. The Kier molecular flexibility index (Phi) is 3.34. The molecule has 1 amide bonds. The fourth-order valence-electron chi connectivity index (χ4n) is 2.20. The summed E-state index contributed by atoms with van der Waals surface area (Å²) in [6.45, 7) is 1.28. The first-order valence-corrected chi connectivity index (χ1v) is 6.00. The van der Waals surface area contributed by atoms with Gasteiger partial charge >= 0.3 is 6.18 Å². The number of nitrogens with one attached hydrogen (secondary N) is 2. The van der Waals surface area contributed by atoms with Crippen molar-refractivity contribution in [2.24, 2.45) is 11.3 Å². The van der Waals surface area contributed by atoms with Gasteiger partial charge in [0.2, 0.25) is 5.91 Å². The second kappa shape index (κ2) is 4.48. The van der Waals surface area contributed by atoms with Crippen molar-refractivity contribution in [3.05, 3.63) is 0 Å². The minimum Gasteiger partial charge on any atom is -0.355 e. The van der Waals surface area contributed by atoms with Crippen LogP contribution in [0.5, 0.6) is 0 Å². The van der Waals surface area contributed by atoms with Crippen LogP contribution >= 0.6 is 0 Å². The summed E-state index contributed by atoms with van der Waals surface area (Å²) in [5.74, 6) is -0.345. The molecule has 2 rings (SSSR count). The molecule has 2 fully saturated rings. The highest BCUT2D eigenvalue weighted by Gasteiger charge is 2.63. The number of hydrogen-bond acceptors (Lipinski definition) is 2. The smallest absolute Gasteiger partial charge is 0.355 e. The maximum absolute atomic E-state index is 12.6. The largest absolute Gasteiger partial charge is 0.396 e. The van der Waals surface area contributed by atoms with Gasteiger partial charge in [-0.1, -0.05) is 0 Å². The third-order valence-electron chi connectivity index (χ3n) is 3.77. The van der Waals surface area contributed by atoms with Crippen molar-refractivity contribution in [1.29, 1.82) is 0 Å². The zero-order valence-corrected chi connectivity index (χ0v) is 9.57. The first kappa shape index (κ1) is 12.7. The number of hydrogen-bond donors (Lipinski definition) is 2. The van der Waals surface area contributed by atoms with E-state index in [1.165, 1.54) is 0 Å². The average molecular weight is 250 g/mol. The van der Waals surface area contributed by atoms with E-state index in [-0.39, 0.29) is 31.2 Å². The summed E-state index contributed by atoms with van der Waals surface area (Å²) in [5, 5.41) is 5.59. The molecule has 2 aliphatic rings. The van der Waals surface area contributed by atoms with Crippen LogP contribution < -0.4 is 10.6 Å². The summed E-state index contributed by atoms with van der Waals surface area (Å²) in [5.41, 5.74) is -1.63. The van der Waals surface area contributed by atoms with Gasteiger partial charge < -0.3 is 10.6 Å². The third-order valence-corrected chi connectivity index (χ3v) is 3.77. The van der Waals surface area contributed by atoms with Crippen molar-refractivity contribution in [1.82, 2.24) is 10.6 Å². The molecule has 0 unspecified atom stereocenters. The topological polar surface area (TPSA) is 41.1 Å². The van der Waals surface area contributed by atoms with E-state index >= 15 is 0 Å². The summed E-state index contributed by atoms with van der Waals surface area (Å²) in [7, 11) is 0. The minimum absolute atomic E-state index is 0.125. The molecule has 1 aliphatic heterocycles. The molecule has 0 radical (unpaired) electrons. The van der Waals surface area contributed by atoms with Crippen LogP contribution in [-0.4, -0.2) is 31.7 Å². The van der Waals surface area contributed by atoms with E-state index in [0.29, 0.717) is 12.8 Å². The zero-order chi connectivity index (χ0) is 12.5. The third kappa shape index (κ3) is 2.73. The average Bonchev–Trinajstić information content (AvgIpc) is 3.07. The molecule has 0 aromatic heterocycles. The van der Waals surface area contributed by atoms with Gasteiger partial charge in [-0.2, -0.15) is 13.2 Å². The highest BCUT2D eigenvalue weighted by molar-refractivity contribution is 5.78. The van der Waals surface area contributed by atoms with Crippen LogP contribution in [0, 0.1) is 11.3 Å². The number of halogens is 3. The highest BCUT2D eigenvalue weighted by Crippen LogP contribution is 2.57. The molecule has 98 valence electrons. The number of piperidine rings is 1. The molecule has 1 heterocycles. The first-order valence-electron chi connectivity index (χ1n) is 6.00. The summed E-state index contributed by atoms with van der Waals surface area (Å²) in [4.78, 5) is 11.7. The molecule has 0 bridgehead atoms. The van der Waals surface area contributed by atoms with Crippen LogP contribution in [0.1, 0.15) is 25.7 Å². The number of carbonyl (C=O) groups is 1. The van der Waals surface area contributed by atoms with Crippen LogP contribution in [0.25, 0.3) is 0 Å². The lowest BCUT2D eigenvalue weighted by molar-refractivity contribution is -0.185. The normalized spacial score (nSPS) is 24.4. The Labute approximate surface area is 98.1 Å². The molecule has 17 heavy (non-hydrogen) atoms. The minimum atomic E-state index is -4.19. The zero-order valence-electron chi connectivity index (χ0n) is 9.57. The van der Waals surface area contributed by atoms with Gasteiger partial charge in [-0.05, 0) is 38.8 Å². The molecule has 1 saturated carbocycles. The van der Waals surface area contributed by atoms with Gasteiger partial charge in [-0.15, -0.1) is 0 Å². The fourth-order valence-corrected chi connectivity index (χ4v) is 2.20. The summed E-state index contributed by atoms with van der Waals surface area (Å²) < 4.78 is 37.9. The molecular weight excluding hydrogens is 233 g/mol. The quantitative estimate of drug-likeness (QED) is 0.796. The van der Waals surface area contributed by atoms with Crippen molar-refractivity contribution in [2.45, 2.75) is 31.9 Å². The van der Waals surface area contributed by atoms with E-state index in [9.17, 15) is 18.0 Å². The number of amides is 1. The fraction of sp³-hybridized carbons (Fsp3) is 0.909. The Bertz CT molecular complexity index is 294. The highest BCUT2D eigenvalue weighted by atomic mass is 19.4. The van der Waals surface area contributed by atoms with E-state index in [4.69, 9.17) is 0 Å². The van der Waals surface area contributed by atoms with Gasteiger partial charge in [-0.25, -0.2) is 0 Å². The van der Waals surface area contributed by atoms with Crippen molar-refractivity contribution in [3.63, 3.8) is 0 Å². The van der Waals surface area contributed by atoms with Gasteiger partial charge in [0.15, 0.2) is 0 Å². The van der Waals surface area contributed by atoms with Crippen molar-refractivity contribution < 1.29 is 18.0 Å². The Morgan fingerprint density at radius 1 is 1.29 bits per heavy atom. The lowest BCUT2D eigenvalue weighted by Crippen LogP contribution is -2.43. The Morgan fingerprint density at radius 3 is 2.35 bits per heavy atom. The summed E-state index contributed by atoms with van der Waals surface area (Å²) >= 11 is 0. The molecule has 0 atom stereocenters. The van der Waals surface area contributed by atoms with Gasteiger partial charge in [-0.3, -0.25) is 4.79 Å². The Hall–Kier alpha value is -0.780. The standard InChI is InChI=1S/C11H17F3N2O/c12-11(13,14)10(3-4-10)7-16-9(17)8-1-5-15-6-2-8/h8,15H,1-7H2,(H,16,17). The van der Waals surface area contributed by atoms with Crippen molar-refractivity contribution in [2.75, 3.05) is 19.6 Å². The molecule has 3 nitrogen and oxygen atoms in total. The van der Waals surface area contributed by atoms with Gasteiger partial charge in [0, 0.05) is 12.5 Å². The van der Waals surface area contributed by atoms with Crippen LogP contribution in [0.4, 0.5) is 13.2 Å². The number of alkyl halides is 3. The number of rotatable bonds is 3. The number of carbonyl (C=O) groups excluding carboxylic acids is 1. The molecule has 0 aromatic carbocycles. The van der Waals surface area contributed by atoms with Crippen LogP contribution in [0.3, 0.4) is 0 Å². The van der Waals surface area contributed by atoms with E-state index in [1.807, 2.05) is 0 Å².